The summed E-state index contributed by atoms with van der Waals surface area (Å²) in [5, 5.41) is 345. The molecule has 0 unspecified atom stereocenters. The van der Waals surface area contributed by atoms with Crippen molar-refractivity contribution in [1.29, 1.82) is 0 Å². The normalized spacial score (nSPS) is 50.1. The molecular weight excluding hydrogens is 1820 g/mol. The van der Waals surface area contributed by atoms with Crippen molar-refractivity contribution in [2.75, 3.05) is 66.1 Å². The molecule has 11 saturated heterocycles. The minimum Gasteiger partial charge on any atom is -0.394 e. The third-order valence-corrected chi connectivity index (χ3v) is 24.5. The summed E-state index contributed by atoms with van der Waals surface area (Å²) in [6.07, 6.45) is -107. The molecule has 770 valence electrons. The Labute approximate surface area is 752 Å². The van der Waals surface area contributed by atoms with E-state index in [-0.39, 0.29) is 0 Å². The first-order valence-corrected chi connectivity index (χ1v) is 42.5. The molecule has 0 spiro atoms. The molecule has 11 aliphatic rings. The predicted octanol–water partition coefficient (Wildman–Crippen LogP) is -23.4. The average Bonchev–Trinajstić information content (AvgIpc) is 0.755. The van der Waals surface area contributed by atoms with Crippen molar-refractivity contribution >= 4 is 23.6 Å². The van der Waals surface area contributed by atoms with Crippen molar-refractivity contribution in [3.8, 4) is 0 Å². The number of ether oxygens (including phenoxy) is 21. The van der Waals surface area contributed by atoms with Gasteiger partial charge in [-0.2, -0.15) is 0 Å². The maximum Gasteiger partial charge on any atom is 0.217 e. The Balaban J connectivity index is 0.915. The van der Waals surface area contributed by atoms with Crippen molar-refractivity contribution in [2.45, 2.75) is 372 Å². The number of rotatable bonds is 34. The Morgan fingerprint density at radius 2 is 0.459 bits per heavy atom. The number of nitrogens with one attached hydrogen (secondary N) is 4. The molecule has 0 aromatic rings. The molecule has 55 atom stereocenters. The quantitative estimate of drug-likeness (QED) is 0.0284. The maximum absolute atomic E-state index is 13.3. The molecule has 133 heavy (non-hydrogen) atoms. The lowest BCUT2D eigenvalue weighted by Gasteiger charge is -2.51. The Bertz CT molecular complexity index is 3630. The molecule has 11 heterocycles. The summed E-state index contributed by atoms with van der Waals surface area (Å²) in [5.41, 5.74) is 0. The molecule has 0 radical (unpaired) electrons. The first kappa shape index (κ1) is 109. The van der Waals surface area contributed by atoms with Crippen LogP contribution in [0.1, 0.15) is 34.6 Å². The van der Waals surface area contributed by atoms with Crippen molar-refractivity contribution in [1.82, 2.24) is 21.3 Å². The number of hydrogen-bond acceptors (Lipinski definition) is 55. The number of carbonyl (C=O) groups is 4. The molecule has 0 saturated carbocycles. The zero-order chi connectivity index (χ0) is 97.8. The summed E-state index contributed by atoms with van der Waals surface area (Å²) < 4.78 is 125. The first-order valence-electron chi connectivity index (χ1n) is 42.5. The molecule has 0 aromatic carbocycles. The number of aliphatic hydroxyl groups is 30. The van der Waals surface area contributed by atoms with E-state index < -0.39 is 427 Å². The lowest BCUT2D eigenvalue weighted by Crippen LogP contribution is -2.71. The Kier molecular flexibility index (Phi) is 39.1. The lowest BCUT2D eigenvalue weighted by molar-refractivity contribution is -0.400. The van der Waals surface area contributed by atoms with Gasteiger partial charge < -0.3 is 274 Å². The van der Waals surface area contributed by atoms with Crippen LogP contribution >= 0.6 is 0 Å². The largest absolute Gasteiger partial charge is 0.394 e. The van der Waals surface area contributed by atoms with Crippen LogP contribution in [0.5, 0.6) is 0 Å². The van der Waals surface area contributed by atoms with E-state index in [9.17, 15) is 172 Å². The standard InChI is InChI=1S/C74H124N4O55/c1-16-35(91)46(102)51(107)68(115-16)113-15-30-59(42(98)31(64(112)116-30)75-17(2)87)126-65-32(76-18(3)88)43(99)58(27(12-85)122-65)129-72-55(111)61(41(97)29(125-72)14-114-73-62(49(105)38(94)23(8-81)120-73)132-66-33(77-19(4)89)44(100)56(26(11-84)123-66)127-69-52(108)47(103)36(92)21(6-79)117-69)131-74-63(50(106)39(95)24(9-82)121-74)133-67-34(78-20(5)90)45(101)57(28(13-86)124-67)128-71-54(110)60(40(96)25(10-83)119-71)130-70-53(109)48(104)37(93)22(7-80)118-70/h16,21-74,79-86,91-112H,6-15H2,1-5H3,(H,75,87)(H,76,88)(H,77,89)(H,78,90)/t16-,21+,22+,23+,24+,25+,26+,27+,28+,29+,30+,31+,32+,33+,34+,35+,36-,37-,38+,39+,40-,41+,42+,43+,44+,45+,46+,47-,48-,49-,50-,51-,52+,53+,54+,55-,56+,57+,58+,59+,60-,61-,62-,63-,64+,65-,66-,67-,68+,69-,70+,71-,72-,73-,74+/m0/s1. The van der Waals surface area contributed by atoms with Gasteiger partial charge in [-0.1, -0.05) is 0 Å². The van der Waals surface area contributed by atoms with Crippen molar-refractivity contribution in [3.63, 3.8) is 0 Å². The van der Waals surface area contributed by atoms with Gasteiger partial charge in [-0.3, -0.25) is 19.2 Å². The van der Waals surface area contributed by atoms with Crippen LogP contribution in [0, 0.1) is 0 Å². The van der Waals surface area contributed by atoms with Crippen LogP contribution in [0.2, 0.25) is 0 Å². The van der Waals surface area contributed by atoms with Gasteiger partial charge in [-0.25, -0.2) is 0 Å². The minimum absolute atomic E-state index is 0.860. The van der Waals surface area contributed by atoms with Crippen LogP contribution in [-0.4, -0.2) is 580 Å². The summed E-state index contributed by atoms with van der Waals surface area (Å²) in [5.74, 6) is -3.87. The number of hydrogen-bond donors (Lipinski definition) is 34. The fourth-order valence-electron chi connectivity index (χ4n) is 17.3. The maximum atomic E-state index is 13.3. The number of aliphatic hydroxyl groups excluding tert-OH is 30. The van der Waals surface area contributed by atoms with Crippen LogP contribution in [0.25, 0.3) is 0 Å². The molecule has 59 heteroatoms. The molecule has 4 amide bonds. The molecule has 0 aromatic heterocycles. The highest BCUT2D eigenvalue weighted by atomic mass is 16.8. The second-order valence-corrected chi connectivity index (χ2v) is 33.8. The van der Waals surface area contributed by atoms with E-state index in [0.717, 1.165) is 27.7 Å². The van der Waals surface area contributed by atoms with E-state index in [1.54, 1.807) is 0 Å². The highest BCUT2D eigenvalue weighted by Gasteiger charge is 2.63. The summed E-state index contributed by atoms with van der Waals surface area (Å²) in [7, 11) is 0. The van der Waals surface area contributed by atoms with Crippen LogP contribution in [-0.2, 0) is 119 Å². The van der Waals surface area contributed by atoms with E-state index in [4.69, 9.17) is 99.5 Å². The third-order valence-electron chi connectivity index (χ3n) is 24.5. The van der Waals surface area contributed by atoms with E-state index in [1.807, 2.05) is 0 Å². The van der Waals surface area contributed by atoms with Gasteiger partial charge in [0.2, 0.25) is 23.6 Å². The fourth-order valence-corrected chi connectivity index (χ4v) is 17.3. The van der Waals surface area contributed by atoms with Crippen molar-refractivity contribution < 1.29 is 272 Å². The monoisotopic (exact) mass is 1950 g/mol. The van der Waals surface area contributed by atoms with E-state index in [2.05, 4.69) is 21.3 Å². The second kappa shape index (κ2) is 47.6. The van der Waals surface area contributed by atoms with Gasteiger partial charge in [0.05, 0.1) is 72.2 Å². The van der Waals surface area contributed by atoms with E-state index in [1.165, 1.54) is 6.92 Å². The summed E-state index contributed by atoms with van der Waals surface area (Å²) in [6, 6.07) is -7.87. The van der Waals surface area contributed by atoms with Crippen molar-refractivity contribution in [3.05, 3.63) is 0 Å². The SMILES string of the molecule is CC(=O)N[C@@H]1[C@@H](O)[C@H](O[C@@H]2O[C@H](CO)[C@@H](O[C@@H]3O[C@H](CO[C@H]4O[C@H](CO)[C@@H](O)[C@H](O)[C@@H]4O[C@@H]4O[C@H](CO)[C@@H](O[C@@H]5O[C@H](CO)[C@H](O)[C@H](O)[C@H]5O)[C@H](O)[C@H]4NC(C)=O)[C@@H](O)[C@H](O[C@H]4O[C@H](CO)[C@@H](O)[C@H](O)[C@@H]4O[C@@H]4O[C@H](CO)[C@@H](O[C@@H]5O[C@H](CO)[C@H](O)[C@H](O[C@H]6O[C@H](CO)[C@H](O)[C@H](O)[C@H]6O)[C@H]5O)[C@H](O)[C@H]4NC(C)=O)[C@@H]3O)[C@H](O)[C@H]2NC(C)=O)[C@@H](CO[C@@H]2O[C@@H](C)[C@@H](O)[C@@H](O)[C@@H]2O)O[C@H]1O. The van der Waals surface area contributed by atoms with Crippen LogP contribution in [0.3, 0.4) is 0 Å². The van der Waals surface area contributed by atoms with Crippen LogP contribution in [0.15, 0.2) is 0 Å². The third kappa shape index (κ3) is 24.1. The van der Waals surface area contributed by atoms with E-state index >= 15 is 0 Å². The minimum atomic E-state index is -2.67. The topological polar surface area (TPSA) is 917 Å². The van der Waals surface area contributed by atoms with Gasteiger partial charge in [-0.05, 0) is 6.92 Å². The number of amides is 4. The molecule has 11 rings (SSSR count). The molecular formula is C74H124N4O55. The van der Waals surface area contributed by atoms with Gasteiger partial charge in [0.15, 0.2) is 69.2 Å². The predicted molar refractivity (Wildman–Crippen MR) is 407 cm³/mol. The summed E-state index contributed by atoms with van der Waals surface area (Å²) in [6.45, 7) is -6.29. The molecule has 11 aliphatic heterocycles. The average molecular weight is 1950 g/mol. The number of carbonyl (C=O) groups excluding carboxylic acids is 4. The highest BCUT2D eigenvalue weighted by Crippen LogP contribution is 2.42. The molecule has 34 N–H and O–H groups in total. The zero-order valence-electron chi connectivity index (χ0n) is 71.4. The fraction of sp³-hybridized carbons (Fsp3) is 0.946. The van der Waals surface area contributed by atoms with Crippen molar-refractivity contribution in [2.24, 2.45) is 0 Å². The summed E-state index contributed by atoms with van der Waals surface area (Å²) in [4.78, 5) is 52.1. The van der Waals surface area contributed by atoms with E-state index in [0.29, 0.717) is 0 Å². The zero-order valence-corrected chi connectivity index (χ0v) is 71.4. The Hall–Kier alpha value is -4.16. The second-order valence-electron chi connectivity index (χ2n) is 33.8. The molecule has 0 aliphatic carbocycles. The molecule has 59 nitrogen and oxygen atoms in total. The van der Waals surface area contributed by atoms with Crippen LogP contribution < -0.4 is 21.3 Å². The highest BCUT2D eigenvalue weighted by molar-refractivity contribution is 5.74. The van der Waals surface area contributed by atoms with Gasteiger partial charge in [-0.15, -0.1) is 0 Å². The molecule has 0 bridgehead atoms. The van der Waals surface area contributed by atoms with Gasteiger partial charge >= 0.3 is 0 Å². The summed E-state index contributed by atoms with van der Waals surface area (Å²) >= 11 is 0. The van der Waals surface area contributed by atoms with Crippen LogP contribution in [0.4, 0.5) is 0 Å². The smallest absolute Gasteiger partial charge is 0.217 e. The van der Waals surface area contributed by atoms with Gasteiger partial charge in [0.25, 0.3) is 0 Å². The Morgan fingerprint density at radius 1 is 0.211 bits per heavy atom. The first-order chi connectivity index (χ1) is 62.9. The lowest BCUT2D eigenvalue weighted by atomic mass is 9.93. The molecule has 11 fully saturated rings. The Morgan fingerprint density at radius 3 is 0.842 bits per heavy atom. The van der Waals surface area contributed by atoms with Gasteiger partial charge in [0.1, 0.15) is 262 Å². The van der Waals surface area contributed by atoms with Gasteiger partial charge in [0, 0.05) is 27.7 Å².